The van der Waals surface area contributed by atoms with Gasteiger partial charge in [0.25, 0.3) is 5.69 Å². The lowest BCUT2D eigenvalue weighted by atomic mass is 10.0. The van der Waals surface area contributed by atoms with Crippen molar-refractivity contribution >= 4 is 22.6 Å². The predicted octanol–water partition coefficient (Wildman–Crippen LogP) is 4.90. The molecule has 4 rings (SSSR count). The molecule has 0 unspecified atom stereocenters. The third-order valence-electron chi connectivity index (χ3n) is 4.61. The lowest BCUT2D eigenvalue weighted by molar-refractivity contribution is -0.384. The number of aryl methyl sites for hydroxylation is 1. The molecule has 7 heteroatoms. The van der Waals surface area contributed by atoms with Crippen molar-refractivity contribution in [1.29, 1.82) is 0 Å². The summed E-state index contributed by atoms with van der Waals surface area (Å²) in [6.45, 7) is 1.70. The average molecular weight is 401 g/mol. The van der Waals surface area contributed by atoms with Crippen LogP contribution in [0.5, 0.6) is 5.75 Å². The smallest absolute Gasteiger partial charge is 0.343 e. The highest BCUT2D eigenvalue weighted by molar-refractivity contribution is 5.92. The van der Waals surface area contributed by atoms with Crippen LogP contribution in [0.1, 0.15) is 16.1 Å². The Kier molecular flexibility index (Phi) is 4.85. The molecule has 30 heavy (non-hydrogen) atoms. The van der Waals surface area contributed by atoms with Crippen LogP contribution in [0.2, 0.25) is 0 Å². The molecule has 0 fully saturated rings. The van der Waals surface area contributed by atoms with E-state index in [1.54, 1.807) is 6.92 Å². The van der Waals surface area contributed by atoms with Crippen LogP contribution in [-0.4, -0.2) is 10.9 Å². The molecule has 4 aromatic rings. The Hall–Kier alpha value is -4.26. The molecule has 0 N–H and O–H groups in total. The van der Waals surface area contributed by atoms with Crippen LogP contribution in [0.25, 0.3) is 22.1 Å². The van der Waals surface area contributed by atoms with Gasteiger partial charge in [-0.1, -0.05) is 36.4 Å². The van der Waals surface area contributed by atoms with Crippen LogP contribution < -0.4 is 10.2 Å². The Morgan fingerprint density at radius 2 is 1.77 bits per heavy atom. The SMILES string of the molecule is Cc1oc2cc(OC(=O)c3cccc([N+](=O)[O-])c3)ccc2c(=O)c1-c1ccccc1. The molecule has 0 atom stereocenters. The zero-order chi connectivity index (χ0) is 21.3. The second-order valence-corrected chi connectivity index (χ2v) is 6.58. The number of nitrogens with zero attached hydrogens (tertiary/aromatic N) is 1. The number of hydrogen-bond donors (Lipinski definition) is 0. The Morgan fingerprint density at radius 1 is 1.00 bits per heavy atom. The Labute approximate surface area is 170 Å². The second kappa shape index (κ2) is 7.63. The van der Waals surface area contributed by atoms with Crippen molar-refractivity contribution in [2.75, 3.05) is 0 Å². The normalized spacial score (nSPS) is 10.7. The van der Waals surface area contributed by atoms with Gasteiger partial charge in [-0.2, -0.15) is 0 Å². The molecular weight excluding hydrogens is 386 g/mol. The maximum absolute atomic E-state index is 13.0. The third kappa shape index (κ3) is 3.56. The molecule has 0 radical (unpaired) electrons. The van der Waals surface area contributed by atoms with E-state index in [9.17, 15) is 19.7 Å². The molecule has 3 aromatic carbocycles. The number of benzene rings is 3. The van der Waals surface area contributed by atoms with Crippen LogP contribution in [0.3, 0.4) is 0 Å². The average Bonchev–Trinajstić information content (AvgIpc) is 2.74. The quantitative estimate of drug-likeness (QED) is 0.209. The summed E-state index contributed by atoms with van der Waals surface area (Å²) in [7, 11) is 0. The number of fused-ring (bicyclic) bond motifs is 1. The molecule has 0 spiro atoms. The van der Waals surface area contributed by atoms with E-state index < -0.39 is 10.9 Å². The lowest BCUT2D eigenvalue weighted by Gasteiger charge is -2.09. The van der Waals surface area contributed by atoms with Gasteiger partial charge in [0.15, 0.2) is 0 Å². The monoisotopic (exact) mass is 401 g/mol. The maximum atomic E-state index is 13.0. The number of ether oxygens (including phenoxy) is 1. The fourth-order valence-corrected chi connectivity index (χ4v) is 3.20. The largest absolute Gasteiger partial charge is 0.460 e. The first-order chi connectivity index (χ1) is 14.4. The van der Waals surface area contributed by atoms with Crippen molar-refractivity contribution in [3.63, 3.8) is 0 Å². The fourth-order valence-electron chi connectivity index (χ4n) is 3.20. The molecule has 1 aromatic heterocycles. The van der Waals surface area contributed by atoms with Gasteiger partial charge in [-0.25, -0.2) is 4.79 Å². The summed E-state index contributed by atoms with van der Waals surface area (Å²) in [6.07, 6.45) is 0. The molecule has 7 nitrogen and oxygen atoms in total. The van der Waals surface area contributed by atoms with Gasteiger partial charge >= 0.3 is 5.97 Å². The van der Waals surface area contributed by atoms with Gasteiger partial charge in [0.2, 0.25) is 5.43 Å². The Bertz CT molecular complexity index is 1340. The Balaban J connectivity index is 1.69. The standard InChI is InChI=1S/C23H15NO6/c1-14-21(15-6-3-2-4-7-15)22(25)19-11-10-18(13-20(19)29-14)30-23(26)16-8-5-9-17(12-16)24(27)28/h2-13H,1H3. The van der Waals surface area contributed by atoms with Gasteiger partial charge in [-0.15, -0.1) is 0 Å². The van der Waals surface area contributed by atoms with E-state index in [0.717, 1.165) is 11.6 Å². The summed E-state index contributed by atoms with van der Waals surface area (Å²) >= 11 is 0. The van der Waals surface area contributed by atoms with Crippen LogP contribution in [0.15, 0.2) is 82.0 Å². The summed E-state index contributed by atoms with van der Waals surface area (Å²) in [5.74, 6) is -0.145. The summed E-state index contributed by atoms with van der Waals surface area (Å²) < 4.78 is 11.1. The van der Waals surface area contributed by atoms with Crippen molar-refractivity contribution < 1.29 is 18.9 Å². The summed E-state index contributed by atoms with van der Waals surface area (Å²) in [4.78, 5) is 35.6. The molecule has 148 valence electrons. The topological polar surface area (TPSA) is 99.7 Å². The van der Waals surface area contributed by atoms with E-state index in [-0.39, 0.29) is 28.0 Å². The zero-order valence-corrected chi connectivity index (χ0v) is 15.8. The number of nitro benzene ring substituents is 1. The van der Waals surface area contributed by atoms with Gasteiger partial charge in [0.05, 0.1) is 21.4 Å². The van der Waals surface area contributed by atoms with Crippen molar-refractivity contribution in [2.45, 2.75) is 6.92 Å². The highest BCUT2D eigenvalue weighted by Crippen LogP contribution is 2.26. The first-order valence-corrected chi connectivity index (χ1v) is 9.03. The summed E-state index contributed by atoms with van der Waals surface area (Å²) in [5.41, 5.74) is 1.16. The van der Waals surface area contributed by atoms with Crippen molar-refractivity contribution in [3.8, 4) is 16.9 Å². The third-order valence-corrected chi connectivity index (χ3v) is 4.61. The molecule has 0 amide bonds. The van der Waals surface area contributed by atoms with E-state index in [2.05, 4.69) is 0 Å². The molecule has 0 saturated carbocycles. The van der Waals surface area contributed by atoms with E-state index in [1.165, 1.54) is 36.4 Å². The first-order valence-electron chi connectivity index (χ1n) is 9.03. The van der Waals surface area contributed by atoms with Gasteiger partial charge < -0.3 is 9.15 Å². The van der Waals surface area contributed by atoms with Crippen LogP contribution in [-0.2, 0) is 0 Å². The highest BCUT2D eigenvalue weighted by Gasteiger charge is 2.16. The predicted molar refractivity (Wildman–Crippen MR) is 111 cm³/mol. The zero-order valence-electron chi connectivity index (χ0n) is 15.8. The summed E-state index contributed by atoms with van der Waals surface area (Å²) in [6, 6.07) is 18.9. The summed E-state index contributed by atoms with van der Waals surface area (Å²) in [5, 5.41) is 11.2. The molecule has 0 saturated heterocycles. The number of esters is 1. The minimum atomic E-state index is -0.752. The number of hydrogen-bond acceptors (Lipinski definition) is 6. The van der Waals surface area contributed by atoms with Crippen molar-refractivity contribution in [1.82, 2.24) is 0 Å². The van der Waals surface area contributed by atoms with Gasteiger partial charge in [-0.05, 0) is 30.7 Å². The second-order valence-electron chi connectivity index (χ2n) is 6.58. The molecule has 0 aliphatic rings. The molecule has 0 bridgehead atoms. The molecular formula is C23H15NO6. The van der Waals surface area contributed by atoms with Crippen LogP contribution in [0.4, 0.5) is 5.69 Å². The minimum absolute atomic E-state index is 0.0429. The minimum Gasteiger partial charge on any atom is -0.460 e. The first kappa shape index (κ1) is 19.1. The van der Waals surface area contributed by atoms with Gasteiger partial charge in [-0.3, -0.25) is 14.9 Å². The highest BCUT2D eigenvalue weighted by atomic mass is 16.6. The van der Waals surface area contributed by atoms with E-state index in [1.807, 2.05) is 30.3 Å². The lowest BCUT2D eigenvalue weighted by Crippen LogP contribution is -2.10. The van der Waals surface area contributed by atoms with Gasteiger partial charge in [0.1, 0.15) is 17.1 Å². The number of carbonyl (C=O) groups is 1. The molecule has 0 aliphatic carbocycles. The van der Waals surface area contributed by atoms with Gasteiger partial charge in [0, 0.05) is 18.2 Å². The number of non-ortho nitro benzene ring substituents is 1. The van der Waals surface area contributed by atoms with E-state index >= 15 is 0 Å². The number of nitro groups is 1. The van der Waals surface area contributed by atoms with E-state index in [4.69, 9.17) is 9.15 Å². The van der Waals surface area contributed by atoms with Crippen LogP contribution >= 0.6 is 0 Å². The maximum Gasteiger partial charge on any atom is 0.343 e. The molecule has 1 heterocycles. The fraction of sp³-hybridized carbons (Fsp3) is 0.0435. The van der Waals surface area contributed by atoms with E-state index in [0.29, 0.717) is 16.7 Å². The Morgan fingerprint density at radius 3 is 2.50 bits per heavy atom. The van der Waals surface area contributed by atoms with Crippen LogP contribution in [0, 0.1) is 17.0 Å². The number of rotatable bonds is 4. The van der Waals surface area contributed by atoms with Crippen molar-refractivity contribution in [3.05, 3.63) is 104 Å². The van der Waals surface area contributed by atoms with Crippen molar-refractivity contribution in [2.24, 2.45) is 0 Å². The number of carbonyl (C=O) groups excluding carboxylic acids is 1. The molecule has 0 aliphatic heterocycles.